The van der Waals surface area contributed by atoms with Gasteiger partial charge in [-0.3, -0.25) is 4.79 Å². The fourth-order valence-electron chi connectivity index (χ4n) is 2.97. The van der Waals surface area contributed by atoms with Gasteiger partial charge in [-0.05, 0) is 74.0 Å². The average molecular weight is 434 g/mol. The Balaban J connectivity index is 1.79. The van der Waals surface area contributed by atoms with E-state index >= 15 is 0 Å². The minimum absolute atomic E-state index is 0.184. The van der Waals surface area contributed by atoms with Crippen LogP contribution in [0.4, 0.5) is 11.5 Å². The van der Waals surface area contributed by atoms with Crippen LogP contribution in [0.5, 0.6) is 5.75 Å². The van der Waals surface area contributed by atoms with Crippen LogP contribution >= 0.6 is 11.6 Å². The number of benzene rings is 2. The number of carbonyl (C=O) groups excluding carboxylic acids is 1. The van der Waals surface area contributed by atoms with Gasteiger partial charge in [0, 0.05) is 16.6 Å². The Morgan fingerprint density at radius 2 is 1.94 bits per heavy atom. The summed E-state index contributed by atoms with van der Waals surface area (Å²) in [6, 6.07) is 17.8. The fraction of sp³-hybridized carbons (Fsp3) is 0.125. The highest BCUT2D eigenvalue weighted by atomic mass is 35.5. The molecule has 1 amide bonds. The van der Waals surface area contributed by atoms with Crippen molar-refractivity contribution in [2.45, 2.75) is 13.8 Å². The molecule has 4 rings (SSSR count). The van der Waals surface area contributed by atoms with Crippen LogP contribution in [0, 0.1) is 6.92 Å². The number of ether oxygens (including phenoxy) is 1. The first-order valence-electron chi connectivity index (χ1n) is 9.77. The molecule has 2 heterocycles. The van der Waals surface area contributed by atoms with Gasteiger partial charge in [0.1, 0.15) is 22.7 Å². The lowest BCUT2D eigenvalue weighted by Gasteiger charge is -2.07. The highest BCUT2D eigenvalue weighted by Crippen LogP contribution is 2.21. The number of pyridine rings is 1. The molecule has 0 atom stereocenters. The van der Waals surface area contributed by atoms with E-state index in [0.717, 1.165) is 11.3 Å². The topological polar surface area (TPSA) is 76.7 Å². The van der Waals surface area contributed by atoms with Crippen molar-refractivity contribution in [2.24, 2.45) is 4.99 Å². The van der Waals surface area contributed by atoms with Crippen LogP contribution < -0.4 is 15.6 Å². The maximum atomic E-state index is 13.1. The number of fused-ring (bicyclic) bond motifs is 1. The van der Waals surface area contributed by atoms with Crippen LogP contribution in [0.15, 0.2) is 76.3 Å². The Kier molecular flexibility index (Phi) is 6.00. The molecule has 0 aliphatic rings. The molecule has 0 aliphatic heterocycles. The Morgan fingerprint density at radius 3 is 2.65 bits per heavy atom. The van der Waals surface area contributed by atoms with E-state index in [2.05, 4.69) is 15.3 Å². The number of amides is 1. The number of anilines is 1. The first-order valence-corrected chi connectivity index (χ1v) is 10.1. The predicted octanol–water partition coefficient (Wildman–Crippen LogP) is 5.67. The molecule has 156 valence electrons. The van der Waals surface area contributed by atoms with E-state index in [1.54, 1.807) is 48.7 Å². The van der Waals surface area contributed by atoms with E-state index in [4.69, 9.17) is 20.8 Å². The van der Waals surface area contributed by atoms with Crippen molar-refractivity contribution in [3.05, 3.63) is 88.6 Å². The summed E-state index contributed by atoms with van der Waals surface area (Å²) in [6.07, 6.45) is 1.69. The number of nitrogens with one attached hydrogen (secondary N) is 1. The van der Waals surface area contributed by atoms with Crippen LogP contribution in [0.25, 0.3) is 11.0 Å². The van der Waals surface area contributed by atoms with Gasteiger partial charge in [-0.15, -0.1) is 0 Å². The minimum Gasteiger partial charge on any atom is -0.494 e. The van der Waals surface area contributed by atoms with E-state index in [0.29, 0.717) is 34.1 Å². The van der Waals surface area contributed by atoms with Crippen LogP contribution in [0.2, 0.25) is 5.02 Å². The number of hydrogen-bond acceptors (Lipinski definition) is 5. The van der Waals surface area contributed by atoms with E-state index in [1.807, 2.05) is 32.0 Å². The van der Waals surface area contributed by atoms with Gasteiger partial charge < -0.3 is 14.5 Å². The zero-order valence-electron chi connectivity index (χ0n) is 17.1. The second-order valence-electron chi connectivity index (χ2n) is 6.86. The third kappa shape index (κ3) is 4.92. The Morgan fingerprint density at radius 1 is 1.13 bits per heavy atom. The SMILES string of the molecule is CCOc1ccc(N=c2oc3ccc(Cl)cc3cc2C(=O)Nc2ccc(C)cn2)cc1. The molecule has 0 unspecified atom stereocenters. The van der Waals surface area contributed by atoms with Crippen molar-refractivity contribution < 1.29 is 13.9 Å². The summed E-state index contributed by atoms with van der Waals surface area (Å²) < 4.78 is 11.4. The molecular formula is C24H20ClN3O3. The summed E-state index contributed by atoms with van der Waals surface area (Å²) in [7, 11) is 0. The van der Waals surface area contributed by atoms with Crippen LogP contribution in [-0.2, 0) is 0 Å². The highest BCUT2D eigenvalue weighted by Gasteiger charge is 2.14. The standard InChI is InChI=1S/C24H20ClN3O3/c1-3-30-19-8-6-18(7-9-19)27-24-20(13-16-12-17(25)5-10-21(16)31-24)23(29)28-22-11-4-15(2)14-26-22/h4-14H,3H2,1-2H3,(H,26,28,29). The smallest absolute Gasteiger partial charge is 0.262 e. The van der Waals surface area contributed by atoms with Gasteiger partial charge in [-0.25, -0.2) is 9.98 Å². The molecule has 2 aromatic carbocycles. The molecule has 0 spiro atoms. The summed E-state index contributed by atoms with van der Waals surface area (Å²) >= 11 is 6.12. The number of hydrogen-bond donors (Lipinski definition) is 1. The Bertz CT molecular complexity index is 1300. The number of aromatic nitrogens is 1. The summed E-state index contributed by atoms with van der Waals surface area (Å²) in [4.78, 5) is 21.8. The zero-order valence-corrected chi connectivity index (χ0v) is 17.8. The van der Waals surface area contributed by atoms with E-state index in [1.165, 1.54) is 0 Å². The van der Waals surface area contributed by atoms with Gasteiger partial charge in [0.05, 0.1) is 12.3 Å². The molecule has 0 fully saturated rings. The Labute approximate surface area is 184 Å². The first kappa shape index (κ1) is 20.6. The Hall–Kier alpha value is -3.64. The summed E-state index contributed by atoms with van der Waals surface area (Å²) in [5, 5.41) is 4.04. The number of rotatable bonds is 5. The lowest BCUT2D eigenvalue weighted by Crippen LogP contribution is -2.22. The molecular weight excluding hydrogens is 414 g/mol. The van der Waals surface area contributed by atoms with Crippen molar-refractivity contribution >= 4 is 40.0 Å². The van der Waals surface area contributed by atoms with Gasteiger partial charge >= 0.3 is 0 Å². The first-order chi connectivity index (χ1) is 15.0. The van der Waals surface area contributed by atoms with Crippen molar-refractivity contribution in [3.8, 4) is 5.75 Å². The predicted molar refractivity (Wildman–Crippen MR) is 121 cm³/mol. The lowest BCUT2D eigenvalue weighted by atomic mass is 10.1. The second-order valence-corrected chi connectivity index (χ2v) is 7.30. The van der Waals surface area contributed by atoms with Crippen LogP contribution in [-0.4, -0.2) is 17.5 Å². The molecule has 0 saturated heterocycles. The summed E-state index contributed by atoms with van der Waals surface area (Å²) in [5.41, 5.74) is 2.65. The van der Waals surface area contributed by atoms with Gasteiger partial charge in [0.2, 0.25) is 5.55 Å². The molecule has 6 nitrogen and oxygen atoms in total. The molecule has 31 heavy (non-hydrogen) atoms. The monoisotopic (exact) mass is 433 g/mol. The molecule has 7 heteroatoms. The fourth-order valence-corrected chi connectivity index (χ4v) is 3.15. The van der Waals surface area contributed by atoms with Crippen molar-refractivity contribution in [1.29, 1.82) is 0 Å². The largest absolute Gasteiger partial charge is 0.494 e. The number of aryl methyl sites for hydroxylation is 1. The zero-order chi connectivity index (χ0) is 21.8. The molecule has 0 radical (unpaired) electrons. The summed E-state index contributed by atoms with van der Waals surface area (Å²) in [6.45, 7) is 4.43. The summed E-state index contributed by atoms with van der Waals surface area (Å²) in [5.74, 6) is 0.801. The maximum Gasteiger partial charge on any atom is 0.262 e. The number of nitrogens with zero attached hydrogens (tertiary/aromatic N) is 2. The maximum absolute atomic E-state index is 13.1. The number of carbonyl (C=O) groups is 1. The van der Waals surface area contributed by atoms with E-state index in [9.17, 15) is 4.79 Å². The number of halogens is 1. The average Bonchev–Trinajstić information content (AvgIpc) is 2.76. The second kappa shape index (κ2) is 9.02. The van der Waals surface area contributed by atoms with Gasteiger partial charge in [0.25, 0.3) is 5.91 Å². The molecule has 4 aromatic rings. The third-order valence-electron chi connectivity index (χ3n) is 4.48. The normalized spacial score (nSPS) is 11.5. The van der Waals surface area contributed by atoms with Crippen molar-refractivity contribution in [2.75, 3.05) is 11.9 Å². The van der Waals surface area contributed by atoms with Crippen molar-refractivity contribution in [1.82, 2.24) is 4.98 Å². The third-order valence-corrected chi connectivity index (χ3v) is 4.72. The quantitative estimate of drug-likeness (QED) is 0.439. The molecule has 0 aliphatic carbocycles. The van der Waals surface area contributed by atoms with Gasteiger partial charge in [-0.2, -0.15) is 0 Å². The van der Waals surface area contributed by atoms with Gasteiger partial charge in [0.15, 0.2) is 0 Å². The van der Waals surface area contributed by atoms with Gasteiger partial charge in [-0.1, -0.05) is 17.7 Å². The minimum atomic E-state index is -0.383. The van der Waals surface area contributed by atoms with Crippen LogP contribution in [0.3, 0.4) is 0 Å². The lowest BCUT2D eigenvalue weighted by molar-refractivity contribution is 0.102. The molecule has 2 aromatic heterocycles. The van der Waals surface area contributed by atoms with E-state index < -0.39 is 0 Å². The molecule has 1 N–H and O–H groups in total. The van der Waals surface area contributed by atoms with E-state index in [-0.39, 0.29) is 17.0 Å². The molecule has 0 saturated carbocycles. The molecule has 0 bridgehead atoms. The highest BCUT2D eigenvalue weighted by molar-refractivity contribution is 6.31. The van der Waals surface area contributed by atoms with Crippen LogP contribution in [0.1, 0.15) is 22.8 Å². The van der Waals surface area contributed by atoms with Crippen molar-refractivity contribution in [3.63, 3.8) is 0 Å².